The second kappa shape index (κ2) is 5.77. The van der Waals surface area contributed by atoms with Crippen molar-refractivity contribution in [3.8, 4) is 6.07 Å². The fourth-order valence-electron chi connectivity index (χ4n) is 1.55. The van der Waals surface area contributed by atoms with Gasteiger partial charge in [0, 0.05) is 19.6 Å². The molecule has 0 spiro atoms. The number of nitrogens with zero attached hydrogens (tertiary/aromatic N) is 1. The third-order valence-corrected chi connectivity index (χ3v) is 5.37. The van der Waals surface area contributed by atoms with E-state index in [-0.39, 0.29) is 16.9 Å². The largest absolute Gasteiger partial charge is 0.374 e. The van der Waals surface area contributed by atoms with Gasteiger partial charge in [0.05, 0.1) is 12.7 Å². The van der Waals surface area contributed by atoms with E-state index < -0.39 is 10.0 Å². The molecule has 2 rings (SSSR count). The molecule has 98 valence electrons. The minimum absolute atomic E-state index is 0.149. The fourth-order valence-corrected chi connectivity index (χ4v) is 3.76. The Morgan fingerprint density at radius 3 is 3.06 bits per heavy atom. The molecular formula is C10H13N3O3S2. The highest BCUT2D eigenvalue weighted by molar-refractivity contribution is 7.91. The number of nitriles is 1. The zero-order chi connectivity index (χ0) is 13.0. The molecular weight excluding hydrogens is 274 g/mol. The Bertz CT molecular complexity index is 541. The molecule has 0 saturated carbocycles. The summed E-state index contributed by atoms with van der Waals surface area (Å²) in [5.74, 6) is 0. The molecule has 2 heterocycles. The first kappa shape index (κ1) is 13.5. The zero-order valence-electron chi connectivity index (χ0n) is 9.55. The van der Waals surface area contributed by atoms with Gasteiger partial charge in [-0.1, -0.05) is 0 Å². The van der Waals surface area contributed by atoms with Crippen LogP contribution in [0.3, 0.4) is 0 Å². The van der Waals surface area contributed by atoms with Crippen LogP contribution in [0.2, 0.25) is 0 Å². The lowest BCUT2D eigenvalue weighted by atomic mass is 10.3. The first-order valence-electron chi connectivity index (χ1n) is 5.44. The predicted octanol–water partition coefficient (Wildman–Crippen LogP) is -0.114. The van der Waals surface area contributed by atoms with E-state index in [1.807, 2.05) is 6.07 Å². The van der Waals surface area contributed by atoms with E-state index in [4.69, 9.17) is 10.00 Å². The standard InChI is InChI=1S/C10H13N3O3S2/c11-5-9-1-2-10(17-9)18(14,15)13-7-8-6-12-3-4-16-8/h1-2,8,12-13H,3-4,6-7H2. The SMILES string of the molecule is N#Cc1ccc(S(=O)(=O)NCC2CNCCO2)s1. The van der Waals surface area contributed by atoms with Crippen molar-refractivity contribution in [1.29, 1.82) is 5.26 Å². The molecule has 0 amide bonds. The van der Waals surface area contributed by atoms with Gasteiger partial charge in [-0.25, -0.2) is 13.1 Å². The highest BCUT2D eigenvalue weighted by Crippen LogP contribution is 2.20. The Kier molecular flexibility index (Phi) is 4.31. The number of ether oxygens (including phenoxy) is 1. The quantitative estimate of drug-likeness (QED) is 0.806. The zero-order valence-corrected chi connectivity index (χ0v) is 11.2. The van der Waals surface area contributed by atoms with Crippen molar-refractivity contribution in [2.75, 3.05) is 26.2 Å². The molecule has 1 aliphatic rings. The van der Waals surface area contributed by atoms with Crippen LogP contribution in [0, 0.1) is 11.3 Å². The summed E-state index contributed by atoms with van der Waals surface area (Å²) >= 11 is 0.958. The topological polar surface area (TPSA) is 91.2 Å². The van der Waals surface area contributed by atoms with Gasteiger partial charge in [-0.15, -0.1) is 11.3 Å². The van der Waals surface area contributed by atoms with Gasteiger partial charge in [0.2, 0.25) is 10.0 Å². The Balaban J connectivity index is 1.96. The summed E-state index contributed by atoms with van der Waals surface area (Å²) in [6.07, 6.45) is -0.149. The molecule has 1 saturated heterocycles. The van der Waals surface area contributed by atoms with Crippen LogP contribution in [0.4, 0.5) is 0 Å². The number of sulfonamides is 1. The predicted molar refractivity (Wildman–Crippen MR) is 66.8 cm³/mol. The molecule has 1 fully saturated rings. The van der Waals surface area contributed by atoms with Gasteiger partial charge in [0.25, 0.3) is 0 Å². The molecule has 8 heteroatoms. The van der Waals surface area contributed by atoms with Gasteiger partial charge in [-0.05, 0) is 12.1 Å². The van der Waals surface area contributed by atoms with Crippen LogP contribution >= 0.6 is 11.3 Å². The maximum atomic E-state index is 11.9. The average molecular weight is 287 g/mol. The van der Waals surface area contributed by atoms with E-state index in [1.165, 1.54) is 12.1 Å². The number of hydrogen-bond acceptors (Lipinski definition) is 6. The molecule has 6 nitrogen and oxygen atoms in total. The summed E-state index contributed by atoms with van der Waals surface area (Å²) < 4.78 is 31.9. The van der Waals surface area contributed by atoms with E-state index in [9.17, 15) is 8.42 Å². The smallest absolute Gasteiger partial charge is 0.250 e. The van der Waals surface area contributed by atoms with Crippen molar-refractivity contribution in [2.24, 2.45) is 0 Å². The maximum absolute atomic E-state index is 11.9. The van der Waals surface area contributed by atoms with Gasteiger partial charge < -0.3 is 10.1 Å². The van der Waals surface area contributed by atoms with Crippen LogP contribution in [0.15, 0.2) is 16.3 Å². The average Bonchev–Trinajstić information content (AvgIpc) is 2.87. The molecule has 0 radical (unpaired) electrons. The molecule has 0 aromatic carbocycles. The highest BCUT2D eigenvalue weighted by Gasteiger charge is 2.20. The van der Waals surface area contributed by atoms with Gasteiger partial charge >= 0.3 is 0 Å². The van der Waals surface area contributed by atoms with Crippen molar-refractivity contribution in [3.05, 3.63) is 17.0 Å². The molecule has 1 atom stereocenters. The Morgan fingerprint density at radius 2 is 2.44 bits per heavy atom. The summed E-state index contributed by atoms with van der Waals surface area (Å²) in [6, 6.07) is 4.85. The van der Waals surface area contributed by atoms with Gasteiger partial charge in [-0.2, -0.15) is 5.26 Å². The first-order chi connectivity index (χ1) is 8.62. The molecule has 18 heavy (non-hydrogen) atoms. The van der Waals surface area contributed by atoms with Crippen LogP contribution in [-0.4, -0.2) is 40.8 Å². The summed E-state index contributed by atoms with van der Waals surface area (Å²) in [7, 11) is -3.54. The highest BCUT2D eigenvalue weighted by atomic mass is 32.2. The monoisotopic (exact) mass is 287 g/mol. The van der Waals surface area contributed by atoms with E-state index in [1.54, 1.807) is 0 Å². The molecule has 1 aromatic rings. The molecule has 1 unspecified atom stereocenters. The van der Waals surface area contributed by atoms with E-state index in [0.717, 1.165) is 17.9 Å². The molecule has 0 bridgehead atoms. The summed E-state index contributed by atoms with van der Waals surface area (Å²) in [5.41, 5.74) is 0. The summed E-state index contributed by atoms with van der Waals surface area (Å²) in [5, 5.41) is 11.8. The summed E-state index contributed by atoms with van der Waals surface area (Å²) in [4.78, 5) is 0.381. The van der Waals surface area contributed by atoms with E-state index in [0.29, 0.717) is 18.0 Å². The van der Waals surface area contributed by atoms with E-state index in [2.05, 4.69) is 10.0 Å². The Morgan fingerprint density at radius 1 is 1.61 bits per heavy atom. The number of rotatable bonds is 4. The second-order valence-corrected chi connectivity index (χ2v) is 6.86. The first-order valence-corrected chi connectivity index (χ1v) is 7.74. The number of hydrogen-bond donors (Lipinski definition) is 2. The van der Waals surface area contributed by atoms with Crippen molar-refractivity contribution < 1.29 is 13.2 Å². The van der Waals surface area contributed by atoms with Crippen LogP contribution in [0.1, 0.15) is 4.88 Å². The second-order valence-electron chi connectivity index (χ2n) is 3.78. The minimum Gasteiger partial charge on any atom is -0.374 e. The lowest BCUT2D eigenvalue weighted by Crippen LogP contribution is -2.45. The minimum atomic E-state index is -3.54. The van der Waals surface area contributed by atoms with Crippen molar-refractivity contribution in [1.82, 2.24) is 10.0 Å². The Labute approximate surface area is 110 Å². The van der Waals surface area contributed by atoms with Crippen LogP contribution in [0.5, 0.6) is 0 Å². The Hall–Kier alpha value is -0.980. The van der Waals surface area contributed by atoms with E-state index >= 15 is 0 Å². The third kappa shape index (κ3) is 3.28. The fraction of sp³-hybridized carbons (Fsp3) is 0.500. The van der Waals surface area contributed by atoms with Gasteiger partial charge in [-0.3, -0.25) is 0 Å². The normalized spacial score (nSPS) is 20.5. The van der Waals surface area contributed by atoms with Gasteiger partial charge in [0.1, 0.15) is 15.2 Å². The van der Waals surface area contributed by atoms with Crippen LogP contribution in [0.25, 0.3) is 0 Å². The third-order valence-electron chi connectivity index (χ3n) is 2.46. The summed E-state index contributed by atoms with van der Waals surface area (Å²) in [6.45, 7) is 2.25. The van der Waals surface area contributed by atoms with Gasteiger partial charge in [0.15, 0.2) is 0 Å². The van der Waals surface area contributed by atoms with Crippen molar-refractivity contribution in [3.63, 3.8) is 0 Å². The molecule has 2 N–H and O–H groups in total. The van der Waals surface area contributed by atoms with Crippen LogP contribution < -0.4 is 10.0 Å². The lowest BCUT2D eigenvalue weighted by Gasteiger charge is -2.23. The maximum Gasteiger partial charge on any atom is 0.250 e. The molecule has 1 aromatic heterocycles. The van der Waals surface area contributed by atoms with Crippen molar-refractivity contribution in [2.45, 2.75) is 10.3 Å². The number of nitrogens with one attached hydrogen (secondary N) is 2. The van der Waals surface area contributed by atoms with Crippen LogP contribution in [-0.2, 0) is 14.8 Å². The molecule has 1 aliphatic heterocycles. The number of thiophene rings is 1. The lowest BCUT2D eigenvalue weighted by molar-refractivity contribution is 0.0324. The van der Waals surface area contributed by atoms with Crippen molar-refractivity contribution >= 4 is 21.4 Å². The molecule has 0 aliphatic carbocycles. The number of morpholine rings is 1.